The van der Waals surface area contributed by atoms with Crippen LogP contribution in [0.4, 0.5) is 0 Å². The fourth-order valence-corrected chi connectivity index (χ4v) is 4.50. The normalized spacial score (nSPS) is 25.3. The summed E-state index contributed by atoms with van der Waals surface area (Å²) in [6.45, 7) is 9.33. The van der Waals surface area contributed by atoms with E-state index in [4.69, 9.17) is 4.74 Å². The predicted molar refractivity (Wildman–Crippen MR) is 109 cm³/mol. The van der Waals surface area contributed by atoms with Crippen LogP contribution < -0.4 is 4.74 Å². The Balaban J connectivity index is 1.78. The van der Waals surface area contributed by atoms with Gasteiger partial charge in [-0.05, 0) is 37.4 Å². The summed E-state index contributed by atoms with van der Waals surface area (Å²) < 4.78 is 5.64. The highest BCUT2D eigenvalue weighted by molar-refractivity contribution is 5.76. The Labute approximate surface area is 164 Å². The van der Waals surface area contributed by atoms with Crippen molar-refractivity contribution in [2.75, 3.05) is 47.4 Å². The van der Waals surface area contributed by atoms with Gasteiger partial charge in [-0.15, -0.1) is 0 Å². The molecule has 0 N–H and O–H groups in total. The second-order valence-corrected chi connectivity index (χ2v) is 8.65. The second-order valence-electron chi connectivity index (χ2n) is 8.65. The van der Waals surface area contributed by atoms with Crippen molar-refractivity contribution in [2.24, 2.45) is 0 Å². The summed E-state index contributed by atoms with van der Waals surface area (Å²) in [6.07, 6.45) is 2.65. The second kappa shape index (κ2) is 8.19. The van der Waals surface area contributed by atoms with Gasteiger partial charge in [0, 0.05) is 57.3 Å². The minimum absolute atomic E-state index is 0.0988. The minimum atomic E-state index is 0.0988. The van der Waals surface area contributed by atoms with Gasteiger partial charge in [-0.1, -0.05) is 26.0 Å². The van der Waals surface area contributed by atoms with E-state index in [1.807, 2.05) is 11.9 Å². The first-order valence-electron chi connectivity index (χ1n) is 10.2. The molecule has 0 aliphatic carbocycles. The lowest BCUT2D eigenvalue weighted by Crippen LogP contribution is -2.60. The number of rotatable bonds is 4. The molecule has 5 nitrogen and oxygen atoms in total. The predicted octanol–water partition coefficient (Wildman–Crippen LogP) is 2.95. The molecule has 1 unspecified atom stereocenters. The first kappa shape index (κ1) is 20.2. The molecule has 0 radical (unpaired) electrons. The van der Waals surface area contributed by atoms with Gasteiger partial charge in [0.15, 0.2) is 0 Å². The highest BCUT2D eigenvalue weighted by atomic mass is 16.5. The number of hydrogen-bond donors (Lipinski definition) is 0. The number of benzene rings is 1. The van der Waals surface area contributed by atoms with Crippen LogP contribution in [-0.2, 0) is 11.3 Å². The van der Waals surface area contributed by atoms with Gasteiger partial charge in [0.25, 0.3) is 0 Å². The first-order valence-corrected chi connectivity index (χ1v) is 10.2. The Hall–Kier alpha value is -1.59. The average Bonchev–Trinajstić information content (AvgIpc) is 2.79. The van der Waals surface area contributed by atoms with E-state index in [1.165, 1.54) is 11.1 Å². The molecule has 1 spiro atoms. The van der Waals surface area contributed by atoms with E-state index >= 15 is 0 Å². The van der Waals surface area contributed by atoms with Gasteiger partial charge >= 0.3 is 0 Å². The number of likely N-dealkylation sites (N-methyl/N-ethyl adjacent to an activating group) is 1. The molecule has 0 aromatic heterocycles. The fourth-order valence-electron chi connectivity index (χ4n) is 4.50. The molecule has 2 saturated heterocycles. The molecule has 1 aromatic rings. The summed E-state index contributed by atoms with van der Waals surface area (Å²) in [5.74, 6) is 1.77. The van der Waals surface area contributed by atoms with Gasteiger partial charge in [0.05, 0.1) is 7.11 Å². The molecule has 150 valence electrons. The van der Waals surface area contributed by atoms with E-state index in [2.05, 4.69) is 48.9 Å². The molecule has 3 rings (SSSR count). The van der Waals surface area contributed by atoms with Crippen molar-refractivity contribution in [3.8, 4) is 5.75 Å². The molecular formula is C22H35N3O2. The van der Waals surface area contributed by atoms with E-state index in [1.54, 1.807) is 7.11 Å². The number of methoxy groups -OCH3 is 1. The number of hydrogen-bond acceptors (Lipinski definition) is 4. The van der Waals surface area contributed by atoms with Crippen LogP contribution >= 0.6 is 0 Å². The van der Waals surface area contributed by atoms with E-state index in [0.717, 1.165) is 51.3 Å². The quantitative estimate of drug-likeness (QED) is 0.813. The number of piperazine rings is 1. The number of nitrogens with zero attached hydrogens (tertiary/aromatic N) is 3. The lowest BCUT2D eigenvalue weighted by atomic mass is 9.86. The van der Waals surface area contributed by atoms with E-state index in [9.17, 15) is 4.79 Å². The molecule has 5 heteroatoms. The van der Waals surface area contributed by atoms with E-state index < -0.39 is 0 Å². The Bertz CT molecular complexity index is 676. The van der Waals surface area contributed by atoms with Crippen LogP contribution in [0.3, 0.4) is 0 Å². The molecule has 2 heterocycles. The summed E-state index contributed by atoms with van der Waals surface area (Å²) in [6, 6.07) is 6.58. The Kier molecular flexibility index (Phi) is 6.11. The molecule has 1 atom stereocenters. The summed E-state index contributed by atoms with van der Waals surface area (Å²) in [5.41, 5.74) is 2.73. The third-order valence-corrected chi connectivity index (χ3v) is 6.59. The Morgan fingerprint density at radius 1 is 1.15 bits per heavy atom. The average molecular weight is 374 g/mol. The molecule has 1 aromatic carbocycles. The molecule has 2 fully saturated rings. The Morgan fingerprint density at radius 2 is 1.93 bits per heavy atom. The first-order chi connectivity index (χ1) is 12.8. The van der Waals surface area contributed by atoms with Crippen LogP contribution in [0.2, 0.25) is 0 Å². The van der Waals surface area contributed by atoms with Crippen molar-refractivity contribution in [1.29, 1.82) is 0 Å². The fraction of sp³-hybridized carbons (Fsp3) is 0.682. The van der Waals surface area contributed by atoms with Crippen LogP contribution in [-0.4, -0.2) is 73.5 Å². The number of carbonyl (C=O) groups excluding carboxylic acids is 1. The number of amides is 1. The smallest absolute Gasteiger partial charge is 0.222 e. The number of ether oxygens (including phenoxy) is 1. The molecule has 27 heavy (non-hydrogen) atoms. The minimum Gasteiger partial charge on any atom is -0.496 e. The third-order valence-electron chi connectivity index (χ3n) is 6.59. The maximum Gasteiger partial charge on any atom is 0.222 e. The van der Waals surface area contributed by atoms with Crippen molar-refractivity contribution < 1.29 is 9.53 Å². The summed E-state index contributed by atoms with van der Waals surface area (Å²) in [4.78, 5) is 19.1. The van der Waals surface area contributed by atoms with Crippen LogP contribution in [0.5, 0.6) is 5.75 Å². The largest absolute Gasteiger partial charge is 0.496 e. The standard InChI is InChI=1S/C22H35N3O2/c1-17(2)18-6-7-20(27-5)19(14-18)15-25-13-12-24(4)22(16-25)9-8-21(26)23(3)11-10-22/h6-7,14,17H,8-13,15-16H2,1-5H3. The van der Waals surface area contributed by atoms with Gasteiger partial charge < -0.3 is 9.64 Å². The van der Waals surface area contributed by atoms with Gasteiger partial charge in [0.2, 0.25) is 5.91 Å². The van der Waals surface area contributed by atoms with Gasteiger partial charge in [-0.2, -0.15) is 0 Å². The highest BCUT2D eigenvalue weighted by Crippen LogP contribution is 2.33. The van der Waals surface area contributed by atoms with Crippen molar-refractivity contribution in [1.82, 2.24) is 14.7 Å². The lowest BCUT2D eigenvalue weighted by molar-refractivity contribution is -0.129. The highest BCUT2D eigenvalue weighted by Gasteiger charge is 2.41. The van der Waals surface area contributed by atoms with E-state index in [0.29, 0.717) is 12.3 Å². The van der Waals surface area contributed by atoms with Crippen LogP contribution in [0.25, 0.3) is 0 Å². The molecule has 1 amide bonds. The molecular weight excluding hydrogens is 338 g/mol. The molecule has 0 saturated carbocycles. The van der Waals surface area contributed by atoms with Gasteiger partial charge in [-0.25, -0.2) is 0 Å². The summed E-state index contributed by atoms with van der Waals surface area (Å²) >= 11 is 0. The number of likely N-dealkylation sites (tertiary alicyclic amines) is 1. The monoisotopic (exact) mass is 373 g/mol. The molecule has 0 bridgehead atoms. The topological polar surface area (TPSA) is 36.0 Å². The van der Waals surface area contributed by atoms with Crippen molar-refractivity contribution in [3.63, 3.8) is 0 Å². The zero-order chi connectivity index (χ0) is 19.6. The van der Waals surface area contributed by atoms with Crippen LogP contribution in [0.1, 0.15) is 50.2 Å². The van der Waals surface area contributed by atoms with Crippen molar-refractivity contribution in [3.05, 3.63) is 29.3 Å². The zero-order valence-electron chi connectivity index (χ0n) is 17.6. The molecule has 2 aliphatic rings. The Morgan fingerprint density at radius 3 is 2.63 bits per heavy atom. The molecule has 2 aliphatic heterocycles. The summed E-state index contributed by atoms with van der Waals surface area (Å²) in [7, 11) is 5.92. The van der Waals surface area contributed by atoms with Gasteiger partial charge in [-0.3, -0.25) is 14.6 Å². The third kappa shape index (κ3) is 4.30. The van der Waals surface area contributed by atoms with E-state index in [-0.39, 0.29) is 11.4 Å². The maximum absolute atomic E-state index is 12.2. The van der Waals surface area contributed by atoms with Crippen LogP contribution in [0.15, 0.2) is 18.2 Å². The van der Waals surface area contributed by atoms with Gasteiger partial charge in [0.1, 0.15) is 5.75 Å². The summed E-state index contributed by atoms with van der Waals surface area (Å²) in [5, 5.41) is 0. The SMILES string of the molecule is COc1ccc(C(C)C)cc1CN1CCN(C)C2(CCC(=O)N(C)CC2)C1. The lowest BCUT2D eigenvalue weighted by Gasteiger charge is -2.49. The van der Waals surface area contributed by atoms with Crippen LogP contribution in [0, 0.1) is 0 Å². The van der Waals surface area contributed by atoms with Crippen molar-refractivity contribution >= 4 is 5.91 Å². The zero-order valence-corrected chi connectivity index (χ0v) is 17.6. The van der Waals surface area contributed by atoms with Crippen molar-refractivity contribution in [2.45, 2.75) is 51.1 Å². The number of carbonyl (C=O) groups is 1. The maximum atomic E-state index is 12.2.